The zero-order valence-electron chi connectivity index (χ0n) is 21.1. The molecule has 4 aromatic rings. The summed E-state index contributed by atoms with van der Waals surface area (Å²) in [6.45, 7) is 7.79. The molecule has 2 aliphatic carbocycles. The predicted octanol–water partition coefficient (Wildman–Crippen LogP) is 2.65. The van der Waals surface area contributed by atoms with Crippen molar-refractivity contribution in [3.05, 3.63) is 34.3 Å². The summed E-state index contributed by atoms with van der Waals surface area (Å²) in [7, 11) is 0. The van der Waals surface area contributed by atoms with Crippen molar-refractivity contribution in [2.75, 3.05) is 10.0 Å². The van der Waals surface area contributed by atoms with Crippen LogP contribution in [0.2, 0.25) is 0 Å². The van der Waals surface area contributed by atoms with Gasteiger partial charge in [-0.25, -0.2) is 20.7 Å². The summed E-state index contributed by atoms with van der Waals surface area (Å²) in [5.41, 5.74) is 21.4. The van der Waals surface area contributed by atoms with Gasteiger partial charge in [0.1, 0.15) is 38.1 Å². The van der Waals surface area contributed by atoms with Crippen molar-refractivity contribution in [1.29, 1.82) is 5.26 Å². The van der Waals surface area contributed by atoms with Gasteiger partial charge in [-0.05, 0) is 36.1 Å². The maximum atomic E-state index is 9.92. The number of anilines is 2. The molecular formula is C24H22N14S2. The van der Waals surface area contributed by atoms with Crippen molar-refractivity contribution in [2.24, 2.45) is 11.5 Å². The lowest BCUT2D eigenvalue weighted by molar-refractivity contribution is 0.425. The maximum absolute atomic E-state index is 9.92. The Bertz CT molecular complexity index is 1760. The molecule has 0 radical (unpaired) electrons. The molecule has 0 saturated heterocycles. The zero-order valence-corrected chi connectivity index (χ0v) is 22.7. The third-order valence-electron chi connectivity index (χ3n) is 8.60. The molecule has 8 rings (SSSR count). The fourth-order valence-electron chi connectivity index (χ4n) is 6.73. The van der Waals surface area contributed by atoms with Gasteiger partial charge in [-0.1, -0.05) is 25.7 Å². The highest BCUT2D eigenvalue weighted by molar-refractivity contribution is 7.45. The minimum Gasteiger partial charge on any atom is -0.393 e. The van der Waals surface area contributed by atoms with E-state index in [2.05, 4.69) is 52.6 Å². The molecule has 16 heteroatoms. The lowest BCUT2D eigenvalue weighted by Gasteiger charge is -2.27. The molecule has 6 heterocycles. The fourth-order valence-corrected chi connectivity index (χ4v) is 9.28. The van der Waals surface area contributed by atoms with Gasteiger partial charge in [0.25, 0.3) is 0 Å². The summed E-state index contributed by atoms with van der Waals surface area (Å²) >= 11 is 3.01. The van der Waals surface area contributed by atoms with Crippen molar-refractivity contribution in [3.63, 3.8) is 0 Å². The zero-order chi connectivity index (χ0) is 27.2. The monoisotopic (exact) mass is 570 g/mol. The van der Waals surface area contributed by atoms with Crippen LogP contribution in [-0.2, 0) is 0 Å². The van der Waals surface area contributed by atoms with E-state index in [0.717, 1.165) is 70.2 Å². The molecule has 2 fully saturated rings. The van der Waals surface area contributed by atoms with E-state index in [1.54, 1.807) is 10.0 Å². The normalized spacial score (nSPS) is 21.8. The van der Waals surface area contributed by atoms with E-state index in [-0.39, 0.29) is 0 Å². The minimum atomic E-state index is -0.472. The number of hydrazine groups is 2. The van der Waals surface area contributed by atoms with Gasteiger partial charge < -0.3 is 11.5 Å². The highest BCUT2D eigenvalue weighted by Gasteiger charge is 2.49. The van der Waals surface area contributed by atoms with Crippen LogP contribution in [0.4, 0.5) is 11.6 Å². The predicted molar refractivity (Wildman–Crippen MR) is 150 cm³/mol. The number of hydrogen-bond donors (Lipinski definition) is 4. The summed E-state index contributed by atoms with van der Waals surface area (Å²) in [5, 5.41) is 39.7. The Morgan fingerprint density at radius 3 is 1.90 bits per heavy atom. The van der Waals surface area contributed by atoms with Gasteiger partial charge in [-0.3, -0.25) is 5.01 Å². The number of nitriles is 1. The molecule has 6 N–H and O–H groups in total. The molecule has 2 spiro atoms. The SMILES string of the molecule is [C-]#[N+]C1=C(N)N(c2nnnc3c2sc2sc4c(N5NC6(CCCC6)C(C#N)=C5N)nnnc4c23)NC12CCCC2. The van der Waals surface area contributed by atoms with E-state index in [9.17, 15) is 5.26 Å². The molecule has 200 valence electrons. The van der Waals surface area contributed by atoms with E-state index in [1.165, 1.54) is 22.7 Å². The van der Waals surface area contributed by atoms with Gasteiger partial charge in [0.05, 0.1) is 32.6 Å². The number of nitrogens with one attached hydrogen (secondary N) is 2. The topological polar surface area (TPSA) is 188 Å². The largest absolute Gasteiger partial charge is 0.393 e. The van der Waals surface area contributed by atoms with Crippen LogP contribution >= 0.6 is 22.7 Å². The van der Waals surface area contributed by atoms with E-state index >= 15 is 0 Å². The first kappa shape index (κ1) is 23.6. The molecule has 0 bridgehead atoms. The molecule has 0 atom stereocenters. The highest BCUT2D eigenvalue weighted by atomic mass is 32.2. The summed E-state index contributed by atoms with van der Waals surface area (Å²) in [6, 6.07) is 2.33. The van der Waals surface area contributed by atoms with Crippen LogP contribution in [0.5, 0.6) is 0 Å². The van der Waals surface area contributed by atoms with Crippen molar-refractivity contribution >= 4 is 64.1 Å². The first-order valence-corrected chi connectivity index (χ1v) is 14.6. The van der Waals surface area contributed by atoms with Crippen LogP contribution in [-0.4, -0.2) is 41.9 Å². The van der Waals surface area contributed by atoms with Crippen molar-refractivity contribution in [1.82, 2.24) is 41.7 Å². The lowest BCUT2D eigenvalue weighted by Crippen LogP contribution is -2.47. The first-order valence-electron chi connectivity index (χ1n) is 13.0. The first-order chi connectivity index (χ1) is 19.5. The van der Waals surface area contributed by atoms with Crippen LogP contribution in [0, 0.1) is 17.9 Å². The van der Waals surface area contributed by atoms with Crippen molar-refractivity contribution in [2.45, 2.75) is 62.4 Å². The molecule has 40 heavy (non-hydrogen) atoms. The Kier molecular flexibility index (Phi) is 4.82. The lowest BCUT2D eigenvalue weighted by atomic mass is 9.90. The molecule has 14 nitrogen and oxygen atoms in total. The Labute approximate surface area is 235 Å². The number of nitrogens with zero attached hydrogens (tertiary/aromatic N) is 10. The number of aromatic nitrogens is 6. The number of thiophene rings is 2. The molecule has 2 saturated carbocycles. The molecule has 0 amide bonds. The van der Waals surface area contributed by atoms with E-state index in [4.69, 9.17) is 18.0 Å². The van der Waals surface area contributed by atoms with Crippen LogP contribution in [0.1, 0.15) is 51.4 Å². The maximum Gasteiger partial charge on any atom is 0.227 e. The summed E-state index contributed by atoms with van der Waals surface area (Å²) in [5.74, 6) is 1.70. The van der Waals surface area contributed by atoms with Gasteiger partial charge in [0.15, 0.2) is 11.6 Å². The average molecular weight is 571 g/mol. The molecule has 4 aromatic heterocycles. The second-order valence-corrected chi connectivity index (χ2v) is 12.9. The fraction of sp³-hybridized carbons (Fsp3) is 0.417. The van der Waals surface area contributed by atoms with Gasteiger partial charge >= 0.3 is 0 Å². The van der Waals surface area contributed by atoms with Crippen LogP contribution in [0.15, 0.2) is 22.9 Å². The molecule has 2 aliphatic heterocycles. The third-order valence-corrected chi connectivity index (χ3v) is 11.0. The number of fused-ring (bicyclic) bond motifs is 5. The molecule has 0 aromatic carbocycles. The van der Waals surface area contributed by atoms with Crippen LogP contribution < -0.4 is 32.3 Å². The summed E-state index contributed by atoms with van der Waals surface area (Å²) in [4.78, 5) is 3.80. The number of rotatable bonds is 2. The number of hydrogen-bond acceptors (Lipinski definition) is 15. The van der Waals surface area contributed by atoms with E-state index in [0.29, 0.717) is 45.6 Å². The Morgan fingerprint density at radius 2 is 1.35 bits per heavy atom. The third kappa shape index (κ3) is 2.91. The minimum absolute atomic E-state index is 0.345. The molecule has 4 aliphatic rings. The summed E-state index contributed by atoms with van der Waals surface area (Å²) in [6.07, 6.45) is 7.47. The molecule has 0 unspecified atom stereocenters. The van der Waals surface area contributed by atoms with E-state index in [1.807, 2.05) is 0 Å². The number of nitrogens with two attached hydrogens (primary N) is 2. The van der Waals surface area contributed by atoms with Gasteiger partial charge in [0.2, 0.25) is 5.70 Å². The van der Waals surface area contributed by atoms with E-state index < -0.39 is 11.1 Å². The second kappa shape index (κ2) is 8.15. The Balaban J connectivity index is 1.27. The van der Waals surface area contributed by atoms with Crippen molar-refractivity contribution in [3.8, 4) is 6.07 Å². The van der Waals surface area contributed by atoms with Gasteiger partial charge in [-0.15, -0.1) is 43.1 Å². The van der Waals surface area contributed by atoms with Gasteiger partial charge in [0, 0.05) is 0 Å². The summed E-state index contributed by atoms with van der Waals surface area (Å²) < 4.78 is 2.50. The second-order valence-electron chi connectivity index (χ2n) is 10.6. The average Bonchev–Trinajstić information content (AvgIpc) is 3.79. The Morgan fingerprint density at radius 1 is 0.825 bits per heavy atom. The highest BCUT2D eigenvalue weighted by Crippen LogP contribution is 2.50. The van der Waals surface area contributed by atoms with Crippen LogP contribution in [0.25, 0.3) is 34.7 Å². The van der Waals surface area contributed by atoms with Crippen LogP contribution in [0.3, 0.4) is 0 Å². The van der Waals surface area contributed by atoms with Crippen molar-refractivity contribution < 1.29 is 0 Å². The quantitative estimate of drug-likeness (QED) is 0.258. The smallest absolute Gasteiger partial charge is 0.227 e. The van der Waals surface area contributed by atoms with Gasteiger partial charge in [-0.2, -0.15) is 5.26 Å². The Hall–Kier alpha value is -4.22. The molecular weight excluding hydrogens is 548 g/mol. The standard InChI is InChI=1S/C24H22N14S2/c1-28-17-19(27)38(34-24(17)8-4-5-9-24)21-16-14(30-36-32-21)12-13-15(39-22(12)40-16)20(31-35-29-13)37-18(26)11(10-25)23(33-37)6-2-3-7-23/h33-34H,2-9,26-27H2.